The van der Waals surface area contributed by atoms with Crippen molar-refractivity contribution in [2.75, 3.05) is 0 Å². The van der Waals surface area contributed by atoms with Gasteiger partial charge in [0.05, 0.1) is 0 Å². The molecule has 0 atom stereocenters. The average molecular weight is 200 g/mol. The van der Waals surface area contributed by atoms with Gasteiger partial charge in [-0.3, -0.25) is 0 Å². The van der Waals surface area contributed by atoms with E-state index in [1.807, 2.05) is 42.5 Å². The third kappa shape index (κ3) is 4.96. The van der Waals surface area contributed by atoms with E-state index in [-0.39, 0.29) is 5.78 Å². The van der Waals surface area contributed by atoms with Gasteiger partial charge in [0.2, 0.25) is 0 Å². The van der Waals surface area contributed by atoms with E-state index in [0.29, 0.717) is 6.42 Å². The Balaban J connectivity index is 2.44. The fraction of sp³-hybridized carbons (Fsp3) is 0.214. The molecule has 0 aliphatic carbocycles. The number of Topliss-reactive ketones (excluding diaryl/α,β-unsaturated/α-hetero) is 1. The lowest BCUT2D eigenvalue weighted by Crippen LogP contribution is -1.89. The van der Waals surface area contributed by atoms with Crippen molar-refractivity contribution in [3.8, 4) is 0 Å². The normalized spacial score (nSPS) is 10.5. The first kappa shape index (κ1) is 11.4. The maximum absolute atomic E-state index is 10.8. The molecule has 0 saturated heterocycles. The lowest BCUT2D eigenvalue weighted by Gasteiger charge is -1.97. The largest absolute Gasteiger partial charge is 0.300 e. The van der Waals surface area contributed by atoms with Crippen LogP contribution in [0.4, 0.5) is 0 Å². The Hall–Kier alpha value is -1.63. The predicted molar refractivity (Wildman–Crippen MR) is 64.5 cm³/mol. The Kier molecular flexibility index (Phi) is 4.55. The second-order valence-electron chi connectivity index (χ2n) is 3.60. The summed E-state index contributed by atoms with van der Waals surface area (Å²) >= 11 is 0. The van der Waals surface area contributed by atoms with Crippen LogP contribution in [-0.2, 0) is 4.79 Å². The van der Waals surface area contributed by atoms with E-state index < -0.39 is 0 Å². The van der Waals surface area contributed by atoms with E-state index in [1.54, 1.807) is 6.92 Å². The summed E-state index contributed by atoms with van der Waals surface area (Å²) in [4.78, 5) is 10.8. The Morgan fingerprint density at radius 1 is 1.27 bits per heavy atom. The Labute approximate surface area is 91.1 Å². The fourth-order valence-electron chi connectivity index (χ4n) is 1.20. The lowest BCUT2D eigenvalue weighted by molar-refractivity contribution is -0.116. The smallest absolute Gasteiger partial charge is 0.130 e. The van der Waals surface area contributed by atoms with Crippen LogP contribution in [0.1, 0.15) is 25.3 Å². The van der Waals surface area contributed by atoms with Gasteiger partial charge in [0.1, 0.15) is 5.78 Å². The molecule has 0 fully saturated rings. The van der Waals surface area contributed by atoms with Gasteiger partial charge in [-0.05, 0) is 18.9 Å². The quantitative estimate of drug-likeness (QED) is 0.663. The highest BCUT2D eigenvalue weighted by Crippen LogP contribution is 2.08. The zero-order chi connectivity index (χ0) is 11.1. The van der Waals surface area contributed by atoms with Crippen LogP contribution in [-0.4, -0.2) is 5.78 Å². The second-order valence-corrected chi connectivity index (χ2v) is 3.60. The van der Waals surface area contributed by atoms with Gasteiger partial charge in [-0.15, -0.1) is 0 Å². The van der Waals surface area contributed by atoms with Crippen molar-refractivity contribution in [1.82, 2.24) is 0 Å². The van der Waals surface area contributed by atoms with Gasteiger partial charge >= 0.3 is 0 Å². The molecule has 1 aromatic carbocycles. The minimum absolute atomic E-state index is 0.212. The summed E-state index contributed by atoms with van der Waals surface area (Å²) in [6.45, 7) is 5.51. The molecule has 0 aliphatic rings. The molecule has 78 valence electrons. The van der Waals surface area contributed by atoms with Gasteiger partial charge in [0.15, 0.2) is 0 Å². The van der Waals surface area contributed by atoms with Crippen molar-refractivity contribution in [1.29, 1.82) is 0 Å². The first-order valence-corrected chi connectivity index (χ1v) is 5.09. The molecular formula is C14H16O. The highest BCUT2D eigenvalue weighted by atomic mass is 16.1. The van der Waals surface area contributed by atoms with E-state index in [9.17, 15) is 4.79 Å². The first-order valence-electron chi connectivity index (χ1n) is 5.09. The highest BCUT2D eigenvalue weighted by molar-refractivity contribution is 5.75. The van der Waals surface area contributed by atoms with E-state index in [4.69, 9.17) is 0 Å². The van der Waals surface area contributed by atoms with Crippen molar-refractivity contribution in [3.63, 3.8) is 0 Å². The Bertz CT molecular complexity index is 360. The van der Waals surface area contributed by atoms with E-state index >= 15 is 0 Å². The molecule has 0 aromatic heterocycles. The summed E-state index contributed by atoms with van der Waals surface area (Å²) < 4.78 is 0. The van der Waals surface area contributed by atoms with Crippen molar-refractivity contribution in [2.45, 2.75) is 19.8 Å². The van der Waals surface area contributed by atoms with Crippen molar-refractivity contribution in [2.24, 2.45) is 0 Å². The van der Waals surface area contributed by atoms with Crippen LogP contribution < -0.4 is 0 Å². The van der Waals surface area contributed by atoms with Gasteiger partial charge < -0.3 is 4.79 Å². The molecule has 1 aromatic rings. The fourth-order valence-corrected chi connectivity index (χ4v) is 1.20. The zero-order valence-electron chi connectivity index (χ0n) is 9.07. The Morgan fingerprint density at radius 3 is 2.53 bits per heavy atom. The summed E-state index contributed by atoms with van der Waals surface area (Å²) in [5.74, 6) is 0.212. The molecular weight excluding hydrogens is 184 g/mol. The van der Waals surface area contributed by atoms with Crippen molar-refractivity contribution >= 4 is 11.9 Å². The second kappa shape index (κ2) is 5.97. The molecule has 1 nitrogen and oxygen atoms in total. The van der Waals surface area contributed by atoms with Crippen LogP contribution >= 0.6 is 0 Å². The molecule has 15 heavy (non-hydrogen) atoms. The summed E-state index contributed by atoms with van der Waals surface area (Å²) in [5.41, 5.74) is 2.15. The average Bonchev–Trinajstić information content (AvgIpc) is 2.25. The number of hydrogen-bond donors (Lipinski definition) is 0. The van der Waals surface area contributed by atoms with Gasteiger partial charge in [0, 0.05) is 6.42 Å². The van der Waals surface area contributed by atoms with Crippen molar-refractivity contribution < 1.29 is 4.79 Å². The van der Waals surface area contributed by atoms with Crippen LogP contribution in [0, 0.1) is 0 Å². The van der Waals surface area contributed by atoms with E-state index in [1.165, 1.54) is 0 Å². The molecule has 1 rings (SSSR count). The van der Waals surface area contributed by atoms with Gasteiger partial charge in [-0.2, -0.15) is 0 Å². The lowest BCUT2D eigenvalue weighted by atomic mass is 10.1. The maximum Gasteiger partial charge on any atom is 0.130 e. The number of allylic oxidation sites excluding steroid dienone is 2. The summed E-state index contributed by atoms with van der Waals surface area (Å²) in [6, 6.07) is 10.1. The van der Waals surface area contributed by atoms with Gasteiger partial charge in [-0.25, -0.2) is 0 Å². The number of ketones is 1. The molecule has 1 heteroatoms. The molecule has 0 aliphatic heterocycles. The number of carbonyl (C=O) groups excluding carboxylic acids is 1. The monoisotopic (exact) mass is 200 g/mol. The minimum atomic E-state index is 0.212. The number of benzene rings is 1. The van der Waals surface area contributed by atoms with Gasteiger partial charge in [0.25, 0.3) is 0 Å². The Morgan fingerprint density at radius 2 is 1.93 bits per heavy atom. The number of rotatable bonds is 5. The van der Waals surface area contributed by atoms with Crippen LogP contribution in [0.3, 0.4) is 0 Å². The van der Waals surface area contributed by atoms with Gasteiger partial charge in [-0.1, -0.05) is 54.6 Å². The predicted octanol–water partition coefficient (Wildman–Crippen LogP) is 3.63. The topological polar surface area (TPSA) is 17.1 Å². The number of hydrogen-bond acceptors (Lipinski definition) is 1. The van der Waals surface area contributed by atoms with E-state index in [2.05, 4.69) is 6.58 Å². The standard InChI is InChI=1S/C14H16O/c1-12(8-10-13(2)15)9-11-14-6-4-3-5-7-14/h3-7,9,11H,1,8,10H2,2H3/b11-9-. The SMILES string of the molecule is C=C(/C=C\c1ccccc1)CCC(C)=O. The van der Waals surface area contributed by atoms with E-state index in [0.717, 1.165) is 17.6 Å². The molecule has 0 N–H and O–H groups in total. The summed E-state index contributed by atoms with van der Waals surface area (Å²) in [5, 5.41) is 0. The van der Waals surface area contributed by atoms with Crippen molar-refractivity contribution in [3.05, 3.63) is 54.1 Å². The summed E-state index contributed by atoms with van der Waals surface area (Å²) in [6.07, 6.45) is 5.32. The first-order chi connectivity index (χ1) is 7.18. The molecule has 0 saturated carbocycles. The molecule has 0 bridgehead atoms. The third-order valence-corrected chi connectivity index (χ3v) is 2.11. The molecule has 0 radical (unpaired) electrons. The highest BCUT2D eigenvalue weighted by Gasteiger charge is 1.94. The third-order valence-electron chi connectivity index (χ3n) is 2.11. The summed E-state index contributed by atoms with van der Waals surface area (Å²) in [7, 11) is 0. The van der Waals surface area contributed by atoms with Crippen LogP contribution in [0.2, 0.25) is 0 Å². The van der Waals surface area contributed by atoms with Crippen LogP contribution in [0.15, 0.2) is 48.6 Å². The van der Waals surface area contributed by atoms with Crippen LogP contribution in [0.25, 0.3) is 6.08 Å². The molecule has 0 unspecified atom stereocenters. The molecule has 0 spiro atoms. The zero-order valence-corrected chi connectivity index (χ0v) is 9.07. The maximum atomic E-state index is 10.8. The molecule has 0 amide bonds. The van der Waals surface area contributed by atoms with Crippen LogP contribution in [0.5, 0.6) is 0 Å². The number of carbonyl (C=O) groups is 1. The molecule has 0 heterocycles. The minimum Gasteiger partial charge on any atom is -0.300 e.